The highest BCUT2D eigenvalue weighted by molar-refractivity contribution is 5.79. The number of likely N-dealkylation sites (N-methyl/N-ethyl adjacent to an activating group) is 1. The highest BCUT2D eigenvalue weighted by Gasteiger charge is 2.35. The quantitative estimate of drug-likeness (QED) is 0.835. The van der Waals surface area contributed by atoms with Crippen molar-refractivity contribution in [1.29, 1.82) is 5.26 Å². The van der Waals surface area contributed by atoms with E-state index < -0.39 is 5.54 Å². The van der Waals surface area contributed by atoms with Crippen LogP contribution in [0, 0.1) is 11.3 Å². The van der Waals surface area contributed by atoms with Crippen molar-refractivity contribution in [3.63, 3.8) is 0 Å². The Kier molecular flexibility index (Phi) is 6.22. The number of nitriles is 1. The fraction of sp³-hybridized carbons (Fsp3) is 0.579. The lowest BCUT2D eigenvalue weighted by Crippen LogP contribution is -2.49. The summed E-state index contributed by atoms with van der Waals surface area (Å²) in [6, 6.07) is 10.5. The number of methoxy groups -OCH3 is 1. The summed E-state index contributed by atoms with van der Waals surface area (Å²) < 4.78 is 5.17. The molecule has 1 saturated carbocycles. The van der Waals surface area contributed by atoms with Crippen LogP contribution in [0.1, 0.15) is 38.2 Å². The minimum Gasteiger partial charge on any atom is -0.497 e. The second-order valence-corrected chi connectivity index (χ2v) is 6.77. The van der Waals surface area contributed by atoms with E-state index in [9.17, 15) is 10.1 Å². The van der Waals surface area contributed by atoms with Crippen molar-refractivity contribution in [3.05, 3.63) is 29.8 Å². The van der Waals surface area contributed by atoms with Gasteiger partial charge in [0.15, 0.2) is 0 Å². The van der Waals surface area contributed by atoms with Gasteiger partial charge in [-0.15, -0.1) is 0 Å². The molecule has 1 aromatic carbocycles. The van der Waals surface area contributed by atoms with Gasteiger partial charge >= 0.3 is 0 Å². The van der Waals surface area contributed by atoms with E-state index in [0.29, 0.717) is 6.54 Å². The molecule has 0 aromatic heterocycles. The van der Waals surface area contributed by atoms with Crippen LogP contribution in [0.2, 0.25) is 0 Å². The third-order valence-corrected chi connectivity index (χ3v) is 4.89. The van der Waals surface area contributed by atoms with Gasteiger partial charge in [-0.25, -0.2) is 0 Å². The molecule has 1 aliphatic carbocycles. The Bertz CT molecular complexity index is 586. The second kappa shape index (κ2) is 8.16. The molecule has 1 amide bonds. The minimum atomic E-state index is -0.642. The van der Waals surface area contributed by atoms with Gasteiger partial charge in [-0.05, 0) is 63.8 Å². The first-order valence-electron chi connectivity index (χ1n) is 8.53. The molecule has 0 spiro atoms. The average molecular weight is 329 g/mol. The topological polar surface area (TPSA) is 65.4 Å². The van der Waals surface area contributed by atoms with Crippen LogP contribution >= 0.6 is 0 Å². The molecule has 1 N–H and O–H groups in total. The molecular weight excluding hydrogens is 302 g/mol. The van der Waals surface area contributed by atoms with Crippen molar-refractivity contribution in [3.8, 4) is 11.8 Å². The number of nitrogens with one attached hydrogen (secondary N) is 1. The van der Waals surface area contributed by atoms with Gasteiger partial charge in [-0.3, -0.25) is 9.69 Å². The molecular formula is C19H27N3O2. The van der Waals surface area contributed by atoms with E-state index in [2.05, 4.69) is 18.3 Å². The maximum atomic E-state index is 12.3. The van der Waals surface area contributed by atoms with Crippen molar-refractivity contribution in [1.82, 2.24) is 10.2 Å². The number of amides is 1. The largest absolute Gasteiger partial charge is 0.497 e. The summed E-state index contributed by atoms with van der Waals surface area (Å²) in [5, 5.41) is 12.3. The van der Waals surface area contributed by atoms with Crippen LogP contribution in [-0.4, -0.2) is 43.1 Å². The standard InChI is InChI=1S/C19H27N3O2/c1-15(12-16-6-8-17(24-3)9-7-16)22(2)13-18(23)21-19(14-20)10-4-5-11-19/h6-9,15H,4-5,10-13H2,1-3H3,(H,21,23). The summed E-state index contributed by atoms with van der Waals surface area (Å²) in [5.74, 6) is 0.778. The first-order valence-corrected chi connectivity index (χ1v) is 8.53. The molecule has 0 aliphatic heterocycles. The Morgan fingerprint density at radius 3 is 2.54 bits per heavy atom. The Morgan fingerprint density at radius 1 is 1.38 bits per heavy atom. The lowest BCUT2D eigenvalue weighted by atomic mass is 10.00. The molecule has 0 saturated heterocycles. The van der Waals surface area contributed by atoms with Crippen LogP contribution in [0.25, 0.3) is 0 Å². The van der Waals surface area contributed by atoms with E-state index in [1.54, 1.807) is 7.11 Å². The molecule has 1 atom stereocenters. The van der Waals surface area contributed by atoms with Crippen LogP contribution in [0.5, 0.6) is 5.75 Å². The van der Waals surface area contributed by atoms with Crippen molar-refractivity contribution in [2.45, 2.75) is 50.6 Å². The zero-order chi connectivity index (χ0) is 17.6. The van der Waals surface area contributed by atoms with Gasteiger partial charge in [0, 0.05) is 6.04 Å². The Labute approximate surface area is 144 Å². The predicted molar refractivity (Wildman–Crippen MR) is 93.7 cm³/mol. The van der Waals surface area contributed by atoms with Gasteiger partial charge in [0.2, 0.25) is 5.91 Å². The third-order valence-electron chi connectivity index (χ3n) is 4.89. The molecule has 1 unspecified atom stereocenters. The molecule has 1 aromatic rings. The number of rotatable bonds is 7. The summed E-state index contributed by atoms with van der Waals surface area (Å²) in [7, 11) is 3.60. The maximum Gasteiger partial charge on any atom is 0.235 e. The fourth-order valence-electron chi connectivity index (χ4n) is 3.19. The van der Waals surface area contributed by atoms with Gasteiger partial charge in [-0.2, -0.15) is 5.26 Å². The van der Waals surface area contributed by atoms with E-state index in [1.165, 1.54) is 5.56 Å². The van der Waals surface area contributed by atoms with Crippen molar-refractivity contribution < 1.29 is 9.53 Å². The van der Waals surface area contributed by atoms with Crippen LogP contribution in [-0.2, 0) is 11.2 Å². The summed E-state index contributed by atoms with van der Waals surface area (Å²) >= 11 is 0. The summed E-state index contributed by atoms with van der Waals surface area (Å²) in [5.41, 5.74) is 0.566. The highest BCUT2D eigenvalue weighted by atomic mass is 16.5. The number of hydrogen-bond donors (Lipinski definition) is 1. The zero-order valence-corrected chi connectivity index (χ0v) is 14.8. The first-order chi connectivity index (χ1) is 11.5. The molecule has 0 radical (unpaired) electrons. The molecule has 2 rings (SSSR count). The Morgan fingerprint density at radius 2 is 2.00 bits per heavy atom. The molecule has 1 aliphatic rings. The Balaban J connectivity index is 1.85. The maximum absolute atomic E-state index is 12.3. The van der Waals surface area contributed by atoms with Gasteiger partial charge in [0.05, 0.1) is 19.7 Å². The number of nitrogens with zero attached hydrogens (tertiary/aromatic N) is 2. The van der Waals surface area contributed by atoms with Gasteiger partial charge in [-0.1, -0.05) is 12.1 Å². The minimum absolute atomic E-state index is 0.0671. The number of benzene rings is 1. The van der Waals surface area contributed by atoms with Crippen LogP contribution < -0.4 is 10.1 Å². The van der Waals surface area contributed by atoms with Crippen molar-refractivity contribution in [2.24, 2.45) is 0 Å². The molecule has 24 heavy (non-hydrogen) atoms. The van der Waals surface area contributed by atoms with Crippen LogP contribution in [0.15, 0.2) is 24.3 Å². The predicted octanol–water partition coefficient (Wildman–Crippen LogP) is 2.51. The van der Waals surface area contributed by atoms with Crippen LogP contribution in [0.4, 0.5) is 0 Å². The van der Waals surface area contributed by atoms with Gasteiger partial charge < -0.3 is 10.1 Å². The average Bonchev–Trinajstić information content (AvgIpc) is 3.04. The summed E-state index contributed by atoms with van der Waals surface area (Å²) in [6.07, 6.45) is 4.41. The Hall–Kier alpha value is -2.06. The molecule has 130 valence electrons. The van der Waals surface area contributed by atoms with Crippen LogP contribution in [0.3, 0.4) is 0 Å². The number of carbonyl (C=O) groups excluding carboxylic acids is 1. The normalized spacial score (nSPS) is 17.3. The molecule has 0 heterocycles. The molecule has 5 nitrogen and oxygen atoms in total. The fourth-order valence-corrected chi connectivity index (χ4v) is 3.19. The SMILES string of the molecule is COc1ccc(CC(C)N(C)CC(=O)NC2(C#N)CCCC2)cc1. The van der Waals surface area contributed by atoms with Crippen molar-refractivity contribution >= 4 is 5.91 Å². The molecule has 5 heteroatoms. The van der Waals surface area contributed by atoms with Gasteiger partial charge in [0.1, 0.15) is 11.3 Å². The summed E-state index contributed by atoms with van der Waals surface area (Å²) in [4.78, 5) is 14.3. The third kappa shape index (κ3) is 4.72. The van der Waals surface area contributed by atoms with Gasteiger partial charge in [0.25, 0.3) is 0 Å². The number of ether oxygens (including phenoxy) is 1. The zero-order valence-electron chi connectivity index (χ0n) is 14.8. The monoisotopic (exact) mass is 329 g/mol. The van der Waals surface area contributed by atoms with E-state index in [1.807, 2.05) is 36.2 Å². The first kappa shape index (κ1) is 18.3. The summed E-state index contributed by atoms with van der Waals surface area (Å²) in [6.45, 7) is 2.41. The lowest BCUT2D eigenvalue weighted by Gasteiger charge is -2.27. The smallest absolute Gasteiger partial charge is 0.235 e. The van der Waals surface area contributed by atoms with E-state index in [4.69, 9.17) is 4.74 Å². The van der Waals surface area contributed by atoms with E-state index in [-0.39, 0.29) is 11.9 Å². The van der Waals surface area contributed by atoms with E-state index in [0.717, 1.165) is 37.9 Å². The number of carbonyl (C=O) groups is 1. The lowest BCUT2D eigenvalue weighted by molar-refractivity contribution is -0.123. The highest BCUT2D eigenvalue weighted by Crippen LogP contribution is 2.28. The van der Waals surface area contributed by atoms with Crippen molar-refractivity contribution in [2.75, 3.05) is 20.7 Å². The number of hydrogen-bond acceptors (Lipinski definition) is 4. The molecule has 1 fully saturated rings. The second-order valence-electron chi connectivity index (χ2n) is 6.77. The molecule has 0 bridgehead atoms. The van der Waals surface area contributed by atoms with E-state index >= 15 is 0 Å².